The van der Waals surface area contributed by atoms with Crippen molar-refractivity contribution in [3.05, 3.63) is 42.4 Å². The van der Waals surface area contributed by atoms with Crippen molar-refractivity contribution < 1.29 is 4.79 Å². The highest BCUT2D eigenvalue weighted by Gasteiger charge is 2.36. The fourth-order valence-corrected chi connectivity index (χ4v) is 6.48. The molecule has 3 aliphatic rings. The van der Waals surface area contributed by atoms with Gasteiger partial charge < -0.3 is 15.5 Å². The van der Waals surface area contributed by atoms with Crippen LogP contribution in [0.2, 0.25) is 0 Å². The van der Waals surface area contributed by atoms with Crippen LogP contribution in [0, 0.1) is 0 Å². The molecule has 0 aromatic carbocycles. The average Bonchev–Trinajstić information content (AvgIpc) is 3.25. The van der Waals surface area contributed by atoms with Gasteiger partial charge in [-0.2, -0.15) is 4.98 Å². The number of rotatable bonds is 8. The molecule has 1 saturated carbocycles. The Kier molecular flexibility index (Phi) is 9.22. The average molecular weight is 506 g/mol. The molecule has 0 spiro atoms. The number of anilines is 2. The molecule has 8 nitrogen and oxygen atoms in total. The lowest BCUT2D eigenvalue weighted by Crippen LogP contribution is -2.56. The summed E-state index contributed by atoms with van der Waals surface area (Å²) in [5.41, 5.74) is 0.663. The fourth-order valence-electron chi connectivity index (χ4n) is 6.48. The Bertz CT molecular complexity index is 973. The Hall–Kier alpha value is -2.74. The standard InChI is InChI=1S/C29H43N7O/c37-28(23-12-16-30-17-13-23)31-18-14-26-25(11-8-22-36(26)24-9-4-3-5-10-24)33-29-32-19-15-27(34-29)35-20-6-1-2-7-21-35/h12-13,15-17,19,24-26H,1-11,14,18,20-22H2,(H,31,37)(H,32,33,34)/t25-,26+/m0/s1. The minimum Gasteiger partial charge on any atom is -0.356 e. The summed E-state index contributed by atoms with van der Waals surface area (Å²) in [6.45, 7) is 3.95. The van der Waals surface area contributed by atoms with Gasteiger partial charge in [0.15, 0.2) is 0 Å². The molecule has 8 heteroatoms. The molecular formula is C29H43N7O. The lowest BCUT2D eigenvalue weighted by molar-refractivity contribution is 0.0591. The van der Waals surface area contributed by atoms with E-state index < -0.39 is 0 Å². The zero-order chi connectivity index (χ0) is 25.3. The molecule has 0 unspecified atom stereocenters. The monoisotopic (exact) mass is 505 g/mol. The fraction of sp³-hybridized carbons (Fsp3) is 0.655. The Morgan fingerprint density at radius 2 is 1.62 bits per heavy atom. The second-order valence-electron chi connectivity index (χ2n) is 10.9. The van der Waals surface area contributed by atoms with E-state index in [0.717, 1.165) is 44.2 Å². The third-order valence-electron chi connectivity index (χ3n) is 8.42. The number of carbonyl (C=O) groups is 1. The number of pyridine rings is 1. The summed E-state index contributed by atoms with van der Waals surface area (Å²) >= 11 is 0. The van der Waals surface area contributed by atoms with Crippen LogP contribution < -0.4 is 15.5 Å². The number of hydrogen-bond donors (Lipinski definition) is 2. The van der Waals surface area contributed by atoms with E-state index in [-0.39, 0.29) is 11.9 Å². The van der Waals surface area contributed by atoms with Crippen LogP contribution in [-0.2, 0) is 0 Å². The molecule has 1 amide bonds. The largest absolute Gasteiger partial charge is 0.356 e. The Labute approximate surface area is 221 Å². The summed E-state index contributed by atoms with van der Waals surface area (Å²) in [5, 5.41) is 6.91. The first-order valence-corrected chi connectivity index (χ1v) is 14.6. The lowest BCUT2D eigenvalue weighted by Gasteiger charge is -2.47. The maximum atomic E-state index is 12.7. The predicted octanol–water partition coefficient (Wildman–Crippen LogP) is 4.65. The number of likely N-dealkylation sites (tertiary alicyclic amines) is 1. The van der Waals surface area contributed by atoms with Crippen LogP contribution >= 0.6 is 0 Å². The van der Waals surface area contributed by atoms with E-state index in [1.807, 2.05) is 6.20 Å². The van der Waals surface area contributed by atoms with Gasteiger partial charge in [0.2, 0.25) is 5.95 Å². The quantitative estimate of drug-likeness (QED) is 0.540. The topological polar surface area (TPSA) is 86.3 Å². The highest BCUT2D eigenvalue weighted by molar-refractivity contribution is 5.93. The molecule has 2 N–H and O–H groups in total. The van der Waals surface area contributed by atoms with Crippen LogP contribution in [-0.4, -0.2) is 70.1 Å². The molecule has 4 heterocycles. The van der Waals surface area contributed by atoms with E-state index in [2.05, 4.69) is 36.5 Å². The van der Waals surface area contributed by atoms with Gasteiger partial charge in [0.05, 0.1) is 0 Å². The molecule has 2 aromatic heterocycles. The van der Waals surface area contributed by atoms with E-state index >= 15 is 0 Å². The molecule has 0 bridgehead atoms. The highest BCUT2D eigenvalue weighted by atomic mass is 16.1. The Morgan fingerprint density at radius 3 is 2.41 bits per heavy atom. The second-order valence-corrected chi connectivity index (χ2v) is 10.9. The van der Waals surface area contributed by atoms with E-state index in [9.17, 15) is 4.79 Å². The molecular weight excluding hydrogens is 462 g/mol. The van der Waals surface area contributed by atoms with Crippen molar-refractivity contribution in [2.24, 2.45) is 0 Å². The van der Waals surface area contributed by atoms with Gasteiger partial charge in [-0.25, -0.2) is 4.98 Å². The number of amides is 1. The normalized spacial score (nSPS) is 23.8. The summed E-state index contributed by atoms with van der Waals surface area (Å²) in [6.07, 6.45) is 20.1. The van der Waals surface area contributed by atoms with Gasteiger partial charge in [-0.1, -0.05) is 32.1 Å². The summed E-state index contributed by atoms with van der Waals surface area (Å²) < 4.78 is 0. The molecule has 2 saturated heterocycles. The molecule has 2 aromatic rings. The van der Waals surface area contributed by atoms with Gasteiger partial charge in [-0.3, -0.25) is 14.7 Å². The maximum Gasteiger partial charge on any atom is 0.251 e. The van der Waals surface area contributed by atoms with Crippen molar-refractivity contribution in [1.82, 2.24) is 25.2 Å². The number of aromatic nitrogens is 3. The smallest absolute Gasteiger partial charge is 0.251 e. The van der Waals surface area contributed by atoms with E-state index in [4.69, 9.17) is 4.98 Å². The van der Waals surface area contributed by atoms with Crippen LogP contribution in [0.25, 0.3) is 0 Å². The second kappa shape index (κ2) is 13.2. The summed E-state index contributed by atoms with van der Waals surface area (Å²) in [5.74, 6) is 1.75. The first-order valence-electron chi connectivity index (χ1n) is 14.6. The van der Waals surface area contributed by atoms with E-state index in [1.54, 1.807) is 24.5 Å². The third kappa shape index (κ3) is 6.98. The summed E-state index contributed by atoms with van der Waals surface area (Å²) in [6, 6.07) is 6.85. The number of hydrogen-bond acceptors (Lipinski definition) is 7. The third-order valence-corrected chi connectivity index (χ3v) is 8.42. The van der Waals surface area contributed by atoms with Crippen molar-refractivity contribution in [2.75, 3.05) is 36.4 Å². The molecule has 2 aliphatic heterocycles. The van der Waals surface area contributed by atoms with Gasteiger partial charge in [-0.05, 0) is 69.7 Å². The van der Waals surface area contributed by atoms with Crippen LogP contribution in [0.1, 0.15) is 87.4 Å². The lowest BCUT2D eigenvalue weighted by atomic mass is 9.87. The molecule has 200 valence electrons. The van der Waals surface area contributed by atoms with Crippen molar-refractivity contribution in [3.8, 4) is 0 Å². The molecule has 37 heavy (non-hydrogen) atoms. The molecule has 3 fully saturated rings. The Balaban J connectivity index is 1.28. The van der Waals surface area contributed by atoms with Crippen molar-refractivity contribution in [3.63, 3.8) is 0 Å². The summed E-state index contributed by atoms with van der Waals surface area (Å²) in [4.78, 5) is 31.4. The molecule has 1 aliphatic carbocycles. The summed E-state index contributed by atoms with van der Waals surface area (Å²) in [7, 11) is 0. The number of nitrogens with one attached hydrogen (secondary N) is 2. The van der Waals surface area contributed by atoms with Gasteiger partial charge in [0.1, 0.15) is 5.82 Å². The van der Waals surface area contributed by atoms with Gasteiger partial charge >= 0.3 is 0 Å². The van der Waals surface area contributed by atoms with E-state index in [0.29, 0.717) is 24.2 Å². The molecule has 5 rings (SSSR count). The van der Waals surface area contributed by atoms with Crippen LogP contribution in [0.15, 0.2) is 36.8 Å². The zero-order valence-corrected chi connectivity index (χ0v) is 22.2. The van der Waals surface area contributed by atoms with Crippen LogP contribution in [0.5, 0.6) is 0 Å². The van der Waals surface area contributed by atoms with Crippen molar-refractivity contribution in [1.29, 1.82) is 0 Å². The molecule has 0 radical (unpaired) electrons. The number of carbonyl (C=O) groups excluding carboxylic acids is 1. The number of nitrogens with zero attached hydrogens (tertiary/aromatic N) is 5. The highest BCUT2D eigenvalue weighted by Crippen LogP contribution is 2.31. The van der Waals surface area contributed by atoms with Crippen molar-refractivity contribution >= 4 is 17.7 Å². The first kappa shape index (κ1) is 25.9. The van der Waals surface area contributed by atoms with Crippen LogP contribution in [0.3, 0.4) is 0 Å². The van der Waals surface area contributed by atoms with Crippen LogP contribution in [0.4, 0.5) is 11.8 Å². The predicted molar refractivity (Wildman–Crippen MR) is 148 cm³/mol. The molecule has 2 atom stereocenters. The maximum absolute atomic E-state index is 12.7. The van der Waals surface area contributed by atoms with Gasteiger partial charge in [0, 0.05) is 61.9 Å². The minimum absolute atomic E-state index is 0.0274. The van der Waals surface area contributed by atoms with Crippen molar-refractivity contribution in [2.45, 2.75) is 95.2 Å². The SMILES string of the molecule is O=C(NCC[C@@H]1[C@@H](Nc2nccc(N3CCCCCC3)n2)CCCN1C1CCCCC1)c1ccncc1. The number of piperidine rings is 1. The first-order chi connectivity index (χ1) is 18.3. The minimum atomic E-state index is -0.0274. The van der Waals surface area contributed by atoms with Gasteiger partial charge in [-0.15, -0.1) is 0 Å². The Morgan fingerprint density at radius 1 is 0.865 bits per heavy atom. The zero-order valence-electron chi connectivity index (χ0n) is 22.2. The van der Waals surface area contributed by atoms with E-state index in [1.165, 1.54) is 64.2 Å². The van der Waals surface area contributed by atoms with Gasteiger partial charge in [0.25, 0.3) is 5.91 Å².